The van der Waals surface area contributed by atoms with E-state index in [0.29, 0.717) is 6.54 Å². The van der Waals surface area contributed by atoms with Gasteiger partial charge in [-0.1, -0.05) is 30.3 Å². The molecule has 3 aromatic rings. The number of aromatic nitrogens is 1. The fourth-order valence-corrected chi connectivity index (χ4v) is 2.32. The summed E-state index contributed by atoms with van der Waals surface area (Å²) in [5.74, 6) is 1.59. The van der Waals surface area contributed by atoms with Gasteiger partial charge in [0.2, 0.25) is 0 Å². The molecule has 106 valence electrons. The van der Waals surface area contributed by atoms with Gasteiger partial charge in [0.05, 0.1) is 0 Å². The molecule has 2 N–H and O–H groups in total. The zero-order valence-corrected chi connectivity index (χ0v) is 12.0. The van der Waals surface area contributed by atoms with E-state index in [2.05, 4.69) is 11.1 Å². The maximum atomic E-state index is 5.99. The van der Waals surface area contributed by atoms with Crippen LogP contribution in [0, 0.1) is 6.92 Å². The minimum absolute atomic E-state index is 0.659. The summed E-state index contributed by atoms with van der Waals surface area (Å²) in [6, 6.07) is 18.1. The second kappa shape index (κ2) is 5.94. The molecule has 0 unspecified atom stereocenters. The summed E-state index contributed by atoms with van der Waals surface area (Å²) >= 11 is 0. The molecule has 0 atom stereocenters. The van der Waals surface area contributed by atoms with Crippen molar-refractivity contribution in [3.63, 3.8) is 0 Å². The molecule has 0 radical (unpaired) electrons. The summed E-state index contributed by atoms with van der Waals surface area (Å²) in [6.45, 7) is 2.64. The predicted octanol–water partition coefficient (Wildman–Crippen LogP) is 3.84. The SMILES string of the molecule is Cc1ccc2cccc(Oc3ccc(CCN)cc3)c2n1. The van der Waals surface area contributed by atoms with E-state index < -0.39 is 0 Å². The number of hydrogen-bond donors (Lipinski definition) is 1. The first-order chi connectivity index (χ1) is 10.3. The lowest BCUT2D eigenvalue weighted by Crippen LogP contribution is -2.02. The molecular formula is C18H18N2O. The summed E-state index contributed by atoms with van der Waals surface area (Å²) in [4.78, 5) is 4.58. The molecule has 0 aliphatic rings. The maximum absolute atomic E-state index is 5.99. The summed E-state index contributed by atoms with van der Waals surface area (Å²) in [5.41, 5.74) is 8.65. The third kappa shape index (κ3) is 3.03. The number of ether oxygens (including phenoxy) is 1. The van der Waals surface area contributed by atoms with Gasteiger partial charge in [-0.2, -0.15) is 0 Å². The summed E-state index contributed by atoms with van der Waals surface area (Å²) < 4.78 is 5.99. The molecule has 3 rings (SSSR count). The van der Waals surface area contributed by atoms with Crippen LogP contribution in [0.15, 0.2) is 54.6 Å². The highest BCUT2D eigenvalue weighted by atomic mass is 16.5. The zero-order valence-electron chi connectivity index (χ0n) is 12.0. The molecule has 1 aromatic heterocycles. The molecule has 0 fully saturated rings. The Morgan fingerprint density at radius 3 is 2.57 bits per heavy atom. The van der Waals surface area contributed by atoms with Crippen LogP contribution in [0.2, 0.25) is 0 Å². The Hall–Kier alpha value is -2.39. The van der Waals surface area contributed by atoms with E-state index >= 15 is 0 Å². The van der Waals surface area contributed by atoms with Crippen molar-refractivity contribution in [2.45, 2.75) is 13.3 Å². The van der Waals surface area contributed by atoms with Crippen LogP contribution in [-0.2, 0) is 6.42 Å². The molecule has 0 bridgehead atoms. The Bertz CT molecular complexity index is 751. The highest BCUT2D eigenvalue weighted by Gasteiger charge is 2.05. The Morgan fingerprint density at radius 1 is 1.00 bits per heavy atom. The van der Waals surface area contributed by atoms with Crippen LogP contribution < -0.4 is 10.5 Å². The Morgan fingerprint density at radius 2 is 1.81 bits per heavy atom. The number of nitrogens with two attached hydrogens (primary N) is 1. The van der Waals surface area contributed by atoms with Gasteiger partial charge in [0.1, 0.15) is 11.3 Å². The molecule has 0 amide bonds. The van der Waals surface area contributed by atoms with Crippen molar-refractivity contribution < 1.29 is 4.74 Å². The largest absolute Gasteiger partial charge is 0.455 e. The van der Waals surface area contributed by atoms with Gasteiger partial charge < -0.3 is 10.5 Å². The number of nitrogens with zero attached hydrogens (tertiary/aromatic N) is 1. The molecule has 2 aromatic carbocycles. The van der Waals surface area contributed by atoms with Gasteiger partial charge in [0.15, 0.2) is 5.75 Å². The lowest BCUT2D eigenvalue weighted by atomic mass is 10.1. The van der Waals surface area contributed by atoms with Crippen LogP contribution in [0.25, 0.3) is 10.9 Å². The fourth-order valence-electron chi connectivity index (χ4n) is 2.32. The van der Waals surface area contributed by atoms with E-state index in [4.69, 9.17) is 10.5 Å². The normalized spacial score (nSPS) is 10.8. The second-order valence-corrected chi connectivity index (χ2v) is 5.07. The van der Waals surface area contributed by atoms with Gasteiger partial charge in [-0.15, -0.1) is 0 Å². The van der Waals surface area contributed by atoms with Crippen molar-refractivity contribution in [1.82, 2.24) is 4.98 Å². The van der Waals surface area contributed by atoms with Gasteiger partial charge >= 0.3 is 0 Å². The van der Waals surface area contributed by atoms with Gasteiger partial charge in [-0.3, -0.25) is 0 Å². The first-order valence-corrected chi connectivity index (χ1v) is 7.09. The lowest BCUT2D eigenvalue weighted by Gasteiger charge is -2.09. The Balaban J connectivity index is 1.92. The van der Waals surface area contributed by atoms with Crippen molar-refractivity contribution >= 4 is 10.9 Å². The standard InChI is InChI=1S/C18H18N2O/c1-13-5-8-15-3-2-4-17(18(15)20-13)21-16-9-6-14(7-10-16)11-12-19/h2-10H,11-12,19H2,1H3. The number of hydrogen-bond acceptors (Lipinski definition) is 3. The number of benzene rings is 2. The highest BCUT2D eigenvalue weighted by Crippen LogP contribution is 2.28. The molecule has 0 aliphatic heterocycles. The van der Waals surface area contributed by atoms with Crippen molar-refractivity contribution in [3.8, 4) is 11.5 Å². The molecule has 0 aliphatic carbocycles. The van der Waals surface area contributed by atoms with Crippen LogP contribution in [0.4, 0.5) is 0 Å². The van der Waals surface area contributed by atoms with Crippen molar-refractivity contribution in [2.75, 3.05) is 6.54 Å². The monoisotopic (exact) mass is 278 g/mol. The number of rotatable bonds is 4. The molecule has 3 nitrogen and oxygen atoms in total. The first-order valence-electron chi connectivity index (χ1n) is 7.09. The molecular weight excluding hydrogens is 260 g/mol. The molecule has 0 saturated heterocycles. The van der Waals surface area contributed by atoms with Crippen molar-refractivity contribution in [1.29, 1.82) is 0 Å². The zero-order chi connectivity index (χ0) is 14.7. The van der Waals surface area contributed by atoms with Crippen LogP contribution in [0.1, 0.15) is 11.3 Å². The van der Waals surface area contributed by atoms with E-state index in [1.54, 1.807) is 0 Å². The third-order valence-electron chi connectivity index (χ3n) is 3.41. The Labute approximate surface area is 124 Å². The molecule has 1 heterocycles. The Kier molecular flexibility index (Phi) is 3.84. The van der Waals surface area contributed by atoms with Crippen LogP contribution in [-0.4, -0.2) is 11.5 Å². The second-order valence-electron chi connectivity index (χ2n) is 5.07. The van der Waals surface area contributed by atoms with E-state index in [1.165, 1.54) is 5.56 Å². The molecule has 0 saturated carbocycles. The maximum Gasteiger partial charge on any atom is 0.153 e. The van der Waals surface area contributed by atoms with Gasteiger partial charge in [0, 0.05) is 11.1 Å². The average molecular weight is 278 g/mol. The smallest absolute Gasteiger partial charge is 0.153 e. The number of fused-ring (bicyclic) bond motifs is 1. The minimum atomic E-state index is 0.659. The molecule has 21 heavy (non-hydrogen) atoms. The van der Waals surface area contributed by atoms with Gasteiger partial charge in [-0.25, -0.2) is 4.98 Å². The van der Waals surface area contributed by atoms with Crippen LogP contribution in [0.3, 0.4) is 0 Å². The average Bonchev–Trinajstić information content (AvgIpc) is 2.50. The number of aryl methyl sites for hydroxylation is 1. The first kappa shape index (κ1) is 13.6. The van der Waals surface area contributed by atoms with Gasteiger partial charge in [0.25, 0.3) is 0 Å². The van der Waals surface area contributed by atoms with E-state index in [0.717, 1.165) is 34.5 Å². The van der Waals surface area contributed by atoms with Crippen molar-refractivity contribution in [3.05, 3.63) is 65.9 Å². The van der Waals surface area contributed by atoms with Gasteiger partial charge in [-0.05, 0) is 49.7 Å². The predicted molar refractivity (Wildman–Crippen MR) is 85.8 cm³/mol. The minimum Gasteiger partial charge on any atom is -0.455 e. The van der Waals surface area contributed by atoms with Crippen LogP contribution >= 0.6 is 0 Å². The number of para-hydroxylation sites is 1. The summed E-state index contributed by atoms with van der Waals surface area (Å²) in [6.07, 6.45) is 0.884. The summed E-state index contributed by atoms with van der Waals surface area (Å²) in [7, 11) is 0. The van der Waals surface area contributed by atoms with Crippen molar-refractivity contribution in [2.24, 2.45) is 5.73 Å². The summed E-state index contributed by atoms with van der Waals surface area (Å²) in [5, 5.41) is 1.08. The van der Waals surface area contributed by atoms with E-state index in [-0.39, 0.29) is 0 Å². The lowest BCUT2D eigenvalue weighted by molar-refractivity contribution is 0.487. The van der Waals surface area contributed by atoms with E-state index in [9.17, 15) is 0 Å². The quantitative estimate of drug-likeness (QED) is 0.789. The molecule has 0 spiro atoms. The highest BCUT2D eigenvalue weighted by molar-refractivity contribution is 5.84. The van der Waals surface area contributed by atoms with E-state index in [1.807, 2.05) is 55.5 Å². The fraction of sp³-hybridized carbons (Fsp3) is 0.167. The number of pyridine rings is 1. The van der Waals surface area contributed by atoms with Crippen LogP contribution in [0.5, 0.6) is 11.5 Å². The third-order valence-corrected chi connectivity index (χ3v) is 3.41. The topological polar surface area (TPSA) is 48.1 Å². The molecule has 3 heteroatoms.